The lowest BCUT2D eigenvalue weighted by atomic mass is 10.00. The average Bonchev–Trinajstić information content (AvgIpc) is 3.39. The van der Waals surface area contributed by atoms with Crippen molar-refractivity contribution >= 4 is 23.2 Å². The lowest BCUT2D eigenvalue weighted by Crippen LogP contribution is -2.48. The third-order valence-electron chi connectivity index (χ3n) is 6.55. The summed E-state index contributed by atoms with van der Waals surface area (Å²) in [5.74, 6) is 0.321. The van der Waals surface area contributed by atoms with E-state index in [4.69, 9.17) is 9.47 Å². The van der Waals surface area contributed by atoms with Gasteiger partial charge in [0.05, 0.1) is 13.2 Å². The van der Waals surface area contributed by atoms with Gasteiger partial charge in [-0.25, -0.2) is 4.39 Å². The number of para-hydroxylation sites is 1. The highest BCUT2D eigenvalue weighted by molar-refractivity contribution is 7.10. The largest absolute Gasteiger partial charge is 0.497 e. The van der Waals surface area contributed by atoms with Gasteiger partial charge in [-0.05, 0) is 66.1 Å². The fourth-order valence-corrected chi connectivity index (χ4v) is 5.39. The van der Waals surface area contributed by atoms with Crippen LogP contribution in [-0.4, -0.2) is 55.0 Å². The van der Waals surface area contributed by atoms with E-state index >= 15 is 0 Å². The molecule has 3 aromatic rings. The molecule has 2 heterocycles. The lowest BCUT2D eigenvalue weighted by Gasteiger charge is -2.37. The van der Waals surface area contributed by atoms with Crippen molar-refractivity contribution in [1.29, 1.82) is 0 Å². The molecule has 37 heavy (non-hydrogen) atoms. The van der Waals surface area contributed by atoms with Crippen molar-refractivity contribution < 1.29 is 23.5 Å². The summed E-state index contributed by atoms with van der Waals surface area (Å²) in [4.78, 5) is 31.8. The molecular formula is C29H33FN2O4S. The third kappa shape index (κ3) is 6.49. The number of hydrogen-bond acceptors (Lipinski definition) is 5. The summed E-state index contributed by atoms with van der Waals surface area (Å²) in [7, 11) is 1.56. The Morgan fingerprint density at radius 1 is 1.16 bits per heavy atom. The first-order chi connectivity index (χ1) is 17.9. The number of fused-ring (bicyclic) bond motifs is 1. The molecule has 0 aliphatic carbocycles. The zero-order valence-corrected chi connectivity index (χ0v) is 22.3. The van der Waals surface area contributed by atoms with Crippen LogP contribution >= 0.6 is 11.3 Å². The zero-order chi connectivity index (χ0) is 26.4. The Bertz CT molecular complexity index is 1230. The minimum Gasteiger partial charge on any atom is -0.497 e. The number of ether oxygens (including phenoxy) is 2. The lowest BCUT2D eigenvalue weighted by molar-refractivity contribution is -0.135. The predicted octanol–water partition coefficient (Wildman–Crippen LogP) is 5.59. The van der Waals surface area contributed by atoms with E-state index in [1.54, 1.807) is 70.7 Å². The normalized spacial score (nSPS) is 14.8. The molecule has 0 saturated heterocycles. The number of carbonyl (C=O) groups excluding carboxylic acids is 2. The van der Waals surface area contributed by atoms with Gasteiger partial charge in [0.15, 0.2) is 11.6 Å². The van der Waals surface area contributed by atoms with E-state index in [0.717, 1.165) is 18.4 Å². The summed E-state index contributed by atoms with van der Waals surface area (Å²) >= 11 is 1.65. The van der Waals surface area contributed by atoms with Crippen molar-refractivity contribution in [3.63, 3.8) is 0 Å². The van der Waals surface area contributed by atoms with Crippen molar-refractivity contribution in [2.45, 2.75) is 32.7 Å². The molecule has 1 aromatic heterocycles. The number of hydrogen-bond donors (Lipinski definition) is 0. The van der Waals surface area contributed by atoms with Gasteiger partial charge in [0.2, 0.25) is 5.91 Å². The molecular weight excluding hydrogens is 491 g/mol. The number of amides is 2. The fourth-order valence-electron chi connectivity index (χ4n) is 4.46. The molecule has 0 fully saturated rings. The minimum absolute atomic E-state index is 0.0432. The van der Waals surface area contributed by atoms with Crippen LogP contribution in [0.25, 0.3) is 0 Å². The van der Waals surface area contributed by atoms with Crippen molar-refractivity contribution in [2.75, 3.05) is 33.4 Å². The van der Waals surface area contributed by atoms with Gasteiger partial charge in [0.1, 0.15) is 18.9 Å². The van der Waals surface area contributed by atoms with Crippen molar-refractivity contribution in [2.24, 2.45) is 5.92 Å². The second-order valence-corrected chi connectivity index (χ2v) is 10.5. The molecule has 1 atom stereocenters. The maximum absolute atomic E-state index is 14.2. The van der Waals surface area contributed by atoms with E-state index in [9.17, 15) is 14.0 Å². The van der Waals surface area contributed by atoms with Gasteiger partial charge in [-0.3, -0.25) is 9.59 Å². The van der Waals surface area contributed by atoms with Crippen LogP contribution in [0.4, 0.5) is 4.39 Å². The molecule has 6 nitrogen and oxygen atoms in total. The van der Waals surface area contributed by atoms with Crippen molar-refractivity contribution in [3.05, 3.63) is 81.8 Å². The fraction of sp³-hybridized carbons (Fsp3) is 0.379. The van der Waals surface area contributed by atoms with Crippen LogP contribution in [0.1, 0.15) is 47.1 Å². The summed E-state index contributed by atoms with van der Waals surface area (Å²) in [5, 5.41) is 2.01. The number of thiophene rings is 1. The van der Waals surface area contributed by atoms with E-state index in [1.165, 1.54) is 10.9 Å². The van der Waals surface area contributed by atoms with E-state index < -0.39 is 5.82 Å². The first-order valence-corrected chi connectivity index (χ1v) is 13.4. The average molecular weight is 525 g/mol. The molecule has 4 rings (SSSR count). The van der Waals surface area contributed by atoms with Gasteiger partial charge >= 0.3 is 0 Å². The summed E-state index contributed by atoms with van der Waals surface area (Å²) in [6.45, 7) is 5.25. The molecule has 1 aliphatic heterocycles. The molecule has 2 aromatic carbocycles. The first-order valence-electron chi connectivity index (χ1n) is 12.5. The van der Waals surface area contributed by atoms with Crippen LogP contribution in [0.3, 0.4) is 0 Å². The molecule has 0 spiro atoms. The number of rotatable bonds is 10. The van der Waals surface area contributed by atoms with Crippen LogP contribution in [-0.2, 0) is 11.2 Å². The van der Waals surface area contributed by atoms with Gasteiger partial charge in [-0.1, -0.05) is 32.0 Å². The quantitative estimate of drug-likeness (QED) is 0.347. The maximum Gasteiger partial charge on any atom is 0.254 e. The van der Waals surface area contributed by atoms with Gasteiger partial charge in [-0.15, -0.1) is 11.3 Å². The third-order valence-corrected chi connectivity index (χ3v) is 7.55. The highest BCUT2D eigenvalue weighted by Gasteiger charge is 2.34. The minimum atomic E-state index is -0.439. The molecule has 0 unspecified atom stereocenters. The molecule has 196 valence electrons. The molecule has 8 heteroatoms. The van der Waals surface area contributed by atoms with Gasteiger partial charge in [0.25, 0.3) is 5.91 Å². The Balaban J connectivity index is 1.54. The Morgan fingerprint density at radius 3 is 2.73 bits per heavy atom. The summed E-state index contributed by atoms with van der Waals surface area (Å²) in [6.07, 6.45) is 1.52. The highest BCUT2D eigenvalue weighted by atomic mass is 32.1. The van der Waals surface area contributed by atoms with Gasteiger partial charge in [0, 0.05) is 23.5 Å². The van der Waals surface area contributed by atoms with Gasteiger partial charge < -0.3 is 19.3 Å². The van der Waals surface area contributed by atoms with Crippen molar-refractivity contribution in [3.8, 4) is 11.5 Å². The molecule has 2 amide bonds. The smallest absolute Gasteiger partial charge is 0.254 e. The predicted molar refractivity (Wildman–Crippen MR) is 143 cm³/mol. The van der Waals surface area contributed by atoms with E-state index in [2.05, 4.69) is 13.8 Å². The number of nitrogens with zero attached hydrogens (tertiary/aromatic N) is 2. The first kappa shape index (κ1) is 26.7. The molecule has 0 bridgehead atoms. The van der Waals surface area contributed by atoms with E-state index in [1.807, 2.05) is 11.4 Å². The number of carbonyl (C=O) groups is 2. The van der Waals surface area contributed by atoms with E-state index in [0.29, 0.717) is 30.3 Å². The zero-order valence-electron chi connectivity index (χ0n) is 21.5. The summed E-state index contributed by atoms with van der Waals surface area (Å²) < 4.78 is 25.3. The SMILES string of the molecule is COc1cccc(C(=O)N(CCC(C)C)CC(=O)N2CCc3sccc3[C@@H]2COc2ccccc2F)c1. The molecule has 0 saturated carbocycles. The Kier molecular flexibility index (Phi) is 8.82. The Morgan fingerprint density at radius 2 is 1.97 bits per heavy atom. The van der Waals surface area contributed by atoms with Crippen LogP contribution in [0.5, 0.6) is 11.5 Å². The topological polar surface area (TPSA) is 59.1 Å². The highest BCUT2D eigenvalue weighted by Crippen LogP contribution is 2.34. The van der Waals surface area contributed by atoms with Crippen molar-refractivity contribution in [1.82, 2.24) is 9.80 Å². The van der Waals surface area contributed by atoms with Crippen LogP contribution in [0.2, 0.25) is 0 Å². The molecule has 0 N–H and O–H groups in total. The standard InChI is InChI=1S/C29H33FN2O4S/c1-20(2)11-14-31(29(34)21-7-6-8-22(17-21)35-3)18-28(33)32-15-12-27-23(13-16-37-27)25(32)19-36-26-10-5-4-9-24(26)30/h4-10,13,16-17,20,25H,11-12,14-15,18-19H2,1-3H3/t25-/m0/s1. The summed E-state index contributed by atoms with van der Waals surface area (Å²) in [6, 6.07) is 14.9. The number of methoxy groups -OCH3 is 1. The van der Waals surface area contributed by atoms with Crippen LogP contribution in [0, 0.1) is 11.7 Å². The summed E-state index contributed by atoms with van der Waals surface area (Å²) in [5.41, 5.74) is 1.50. The van der Waals surface area contributed by atoms with E-state index in [-0.39, 0.29) is 36.8 Å². The van der Waals surface area contributed by atoms with Crippen LogP contribution < -0.4 is 9.47 Å². The van der Waals surface area contributed by atoms with Crippen LogP contribution in [0.15, 0.2) is 60.0 Å². The monoisotopic (exact) mass is 524 g/mol. The number of halogens is 1. The maximum atomic E-state index is 14.2. The van der Waals surface area contributed by atoms with Gasteiger partial charge in [-0.2, -0.15) is 0 Å². The Labute approximate surface area is 221 Å². The molecule has 1 aliphatic rings. The second kappa shape index (κ2) is 12.2. The Hall–Kier alpha value is -3.39. The number of benzene rings is 2. The second-order valence-electron chi connectivity index (χ2n) is 9.53. The molecule has 0 radical (unpaired) electrons.